The van der Waals surface area contributed by atoms with Crippen molar-refractivity contribution < 1.29 is 4.74 Å². The minimum Gasteiger partial charge on any atom is -0.383 e. The minimum absolute atomic E-state index is 0.666. The molecule has 3 heterocycles. The molecule has 1 saturated heterocycles. The Bertz CT molecular complexity index is 554. The van der Waals surface area contributed by atoms with Crippen molar-refractivity contribution in [1.29, 1.82) is 0 Å². The van der Waals surface area contributed by atoms with E-state index in [1.54, 1.807) is 13.3 Å². The third-order valence-corrected chi connectivity index (χ3v) is 4.21. The summed E-state index contributed by atoms with van der Waals surface area (Å²) in [5, 5.41) is 6.74. The van der Waals surface area contributed by atoms with E-state index in [0.717, 1.165) is 43.1 Å². The Hall–Kier alpha value is -1.79. The van der Waals surface area contributed by atoms with E-state index in [1.165, 1.54) is 19.4 Å². The molecular formula is C16H23N5O. The third-order valence-electron chi connectivity index (χ3n) is 4.21. The standard InChI is InChI=1S/C16H23N5O/c1-22-6-5-21-4-2-3-13(12-21)7-15-10-18-16(11-17-15)14-8-19-20-9-14/h8-11,13H,2-7,12H2,1H3,(H,19,20)/t13-/m1/s1. The van der Waals surface area contributed by atoms with Crippen molar-refractivity contribution >= 4 is 0 Å². The molecule has 0 spiro atoms. The molecule has 0 amide bonds. The van der Waals surface area contributed by atoms with Crippen LogP contribution in [-0.2, 0) is 11.2 Å². The van der Waals surface area contributed by atoms with Gasteiger partial charge in [0, 0.05) is 38.2 Å². The van der Waals surface area contributed by atoms with E-state index in [4.69, 9.17) is 4.74 Å². The lowest BCUT2D eigenvalue weighted by Crippen LogP contribution is -2.38. The smallest absolute Gasteiger partial charge is 0.0916 e. The Morgan fingerprint density at radius 3 is 3.00 bits per heavy atom. The van der Waals surface area contributed by atoms with Gasteiger partial charge in [0.05, 0.1) is 30.4 Å². The molecule has 118 valence electrons. The molecule has 0 saturated carbocycles. The van der Waals surface area contributed by atoms with Gasteiger partial charge in [-0.25, -0.2) is 0 Å². The second-order valence-electron chi connectivity index (χ2n) is 5.89. The number of nitrogens with zero attached hydrogens (tertiary/aromatic N) is 4. The molecule has 2 aromatic rings. The van der Waals surface area contributed by atoms with E-state index in [2.05, 4.69) is 25.1 Å². The van der Waals surface area contributed by atoms with Crippen LogP contribution in [-0.4, -0.2) is 58.4 Å². The average molecular weight is 301 g/mol. The Labute approximate surface area is 130 Å². The van der Waals surface area contributed by atoms with Gasteiger partial charge in [0.15, 0.2) is 0 Å². The molecule has 2 aromatic heterocycles. The summed E-state index contributed by atoms with van der Waals surface area (Å²) in [6.45, 7) is 4.16. The zero-order chi connectivity index (χ0) is 15.2. The predicted octanol–water partition coefficient (Wildman–Crippen LogP) is 1.77. The van der Waals surface area contributed by atoms with Gasteiger partial charge in [-0.3, -0.25) is 15.1 Å². The van der Waals surface area contributed by atoms with Crippen molar-refractivity contribution in [2.45, 2.75) is 19.3 Å². The van der Waals surface area contributed by atoms with Gasteiger partial charge in [-0.1, -0.05) is 0 Å². The molecule has 0 bridgehead atoms. The van der Waals surface area contributed by atoms with Crippen molar-refractivity contribution in [3.63, 3.8) is 0 Å². The van der Waals surface area contributed by atoms with Crippen LogP contribution in [0.2, 0.25) is 0 Å². The number of likely N-dealkylation sites (tertiary alicyclic amines) is 1. The van der Waals surface area contributed by atoms with Crippen molar-refractivity contribution in [3.8, 4) is 11.3 Å². The first kappa shape index (κ1) is 15.1. The maximum atomic E-state index is 5.17. The maximum Gasteiger partial charge on any atom is 0.0916 e. The highest BCUT2D eigenvalue weighted by Gasteiger charge is 2.20. The summed E-state index contributed by atoms with van der Waals surface area (Å²) >= 11 is 0. The predicted molar refractivity (Wildman–Crippen MR) is 84.4 cm³/mol. The van der Waals surface area contributed by atoms with Gasteiger partial charge >= 0.3 is 0 Å². The van der Waals surface area contributed by atoms with E-state index >= 15 is 0 Å². The Kier molecular flexibility index (Phi) is 5.13. The van der Waals surface area contributed by atoms with Gasteiger partial charge in [-0.2, -0.15) is 5.10 Å². The number of aromatic amines is 1. The van der Waals surface area contributed by atoms with Gasteiger partial charge in [0.25, 0.3) is 0 Å². The van der Waals surface area contributed by atoms with Crippen LogP contribution in [0.25, 0.3) is 11.3 Å². The van der Waals surface area contributed by atoms with Gasteiger partial charge < -0.3 is 9.64 Å². The van der Waals surface area contributed by atoms with Crippen molar-refractivity contribution in [1.82, 2.24) is 25.1 Å². The number of rotatable bonds is 6. The molecule has 1 atom stereocenters. The molecule has 0 radical (unpaired) electrons. The van der Waals surface area contributed by atoms with Crippen molar-refractivity contribution in [2.75, 3.05) is 33.4 Å². The number of piperidine rings is 1. The normalized spacial score (nSPS) is 19.4. The molecule has 6 heteroatoms. The Balaban J connectivity index is 1.56. The monoisotopic (exact) mass is 301 g/mol. The van der Waals surface area contributed by atoms with Crippen LogP contribution >= 0.6 is 0 Å². The van der Waals surface area contributed by atoms with Gasteiger partial charge in [0.1, 0.15) is 0 Å². The van der Waals surface area contributed by atoms with Gasteiger partial charge in [-0.05, 0) is 31.7 Å². The Morgan fingerprint density at radius 1 is 1.32 bits per heavy atom. The molecule has 0 aromatic carbocycles. The molecule has 1 aliphatic heterocycles. The lowest BCUT2D eigenvalue weighted by atomic mass is 9.93. The van der Waals surface area contributed by atoms with Crippen LogP contribution in [0.1, 0.15) is 18.5 Å². The summed E-state index contributed by atoms with van der Waals surface area (Å²) in [5.41, 5.74) is 2.91. The highest BCUT2D eigenvalue weighted by molar-refractivity contribution is 5.55. The summed E-state index contributed by atoms with van der Waals surface area (Å²) < 4.78 is 5.17. The molecule has 0 unspecified atom stereocenters. The second-order valence-corrected chi connectivity index (χ2v) is 5.89. The highest BCUT2D eigenvalue weighted by atomic mass is 16.5. The molecule has 3 rings (SSSR count). The Morgan fingerprint density at radius 2 is 2.27 bits per heavy atom. The van der Waals surface area contributed by atoms with Crippen LogP contribution in [0.4, 0.5) is 0 Å². The van der Waals surface area contributed by atoms with Crippen LogP contribution in [0, 0.1) is 5.92 Å². The number of nitrogens with one attached hydrogen (secondary N) is 1. The van der Waals surface area contributed by atoms with Gasteiger partial charge in [0.2, 0.25) is 0 Å². The number of H-pyrrole nitrogens is 1. The molecule has 1 aliphatic rings. The third kappa shape index (κ3) is 3.90. The fourth-order valence-corrected chi connectivity index (χ4v) is 3.04. The van der Waals surface area contributed by atoms with E-state index in [0.29, 0.717) is 5.92 Å². The molecule has 22 heavy (non-hydrogen) atoms. The van der Waals surface area contributed by atoms with Crippen molar-refractivity contribution in [3.05, 3.63) is 30.5 Å². The van der Waals surface area contributed by atoms with E-state index in [-0.39, 0.29) is 0 Å². The molecule has 1 fully saturated rings. The zero-order valence-corrected chi connectivity index (χ0v) is 13.0. The van der Waals surface area contributed by atoms with E-state index in [9.17, 15) is 0 Å². The lowest BCUT2D eigenvalue weighted by Gasteiger charge is -2.32. The average Bonchev–Trinajstić information content (AvgIpc) is 3.08. The fraction of sp³-hybridized carbons (Fsp3) is 0.562. The molecular weight excluding hydrogens is 278 g/mol. The number of methoxy groups -OCH3 is 1. The lowest BCUT2D eigenvalue weighted by molar-refractivity contribution is 0.114. The maximum absolute atomic E-state index is 5.17. The first-order valence-corrected chi connectivity index (χ1v) is 7.86. The quantitative estimate of drug-likeness (QED) is 0.881. The topological polar surface area (TPSA) is 66.9 Å². The number of ether oxygens (including phenoxy) is 1. The summed E-state index contributed by atoms with van der Waals surface area (Å²) in [5.74, 6) is 0.666. The largest absolute Gasteiger partial charge is 0.383 e. The number of aromatic nitrogens is 4. The summed E-state index contributed by atoms with van der Waals surface area (Å²) in [6, 6.07) is 0. The van der Waals surface area contributed by atoms with Crippen LogP contribution < -0.4 is 0 Å². The van der Waals surface area contributed by atoms with Crippen LogP contribution in [0.5, 0.6) is 0 Å². The van der Waals surface area contributed by atoms with E-state index in [1.807, 2.05) is 18.6 Å². The van der Waals surface area contributed by atoms with Crippen molar-refractivity contribution in [2.24, 2.45) is 5.92 Å². The van der Waals surface area contributed by atoms with Gasteiger partial charge in [-0.15, -0.1) is 0 Å². The second kappa shape index (κ2) is 7.47. The first-order valence-electron chi connectivity index (χ1n) is 7.86. The molecule has 1 N–H and O–H groups in total. The first-order chi connectivity index (χ1) is 10.8. The summed E-state index contributed by atoms with van der Waals surface area (Å²) in [6.07, 6.45) is 10.9. The van der Waals surface area contributed by atoms with Crippen LogP contribution in [0.15, 0.2) is 24.8 Å². The summed E-state index contributed by atoms with van der Waals surface area (Å²) in [7, 11) is 1.76. The SMILES string of the molecule is COCCN1CCC[C@H](Cc2cnc(-c3cn[nH]c3)cn2)C1. The van der Waals surface area contributed by atoms with E-state index < -0.39 is 0 Å². The molecule has 6 nitrogen and oxygen atoms in total. The number of hydrogen-bond acceptors (Lipinski definition) is 5. The minimum atomic E-state index is 0.666. The fourth-order valence-electron chi connectivity index (χ4n) is 3.04. The molecule has 0 aliphatic carbocycles. The highest BCUT2D eigenvalue weighted by Crippen LogP contribution is 2.20. The van der Waals surface area contributed by atoms with Crippen LogP contribution in [0.3, 0.4) is 0 Å². The number of hydrogen-bond donors (Lipinski definition) is 1. The summed E-state index contributed by atoms with van der Waals surface area (Å²) in [4.78, 5) is 11.6. The zero-order valence-electron chi connectivity index (χ0n) is 13.0.